The highest BCUT2D eigenvalue weighted by Gasteiger charge is 2.50. The highest BCUT2D eigenvalue weighted by atomic mass is 16.3. The third-order valence-corrected chi connectivity index (χ3v) is 7.76. The van der Waals surface area contributed by atoms with Crippen LogP contribution in [0.25, 0.3) is 0 Å². The molecule has 4 saturated carbocycles. The van der Waals surface area contributed by atoms with E-state index in [4.69, 9.17) is 0 Å². The van der Waals surface area contributed by atoms with Crippen LogP contribution in [0.3, 0.4) is 0 Å². The van der Waals surface area contributed by atoms with Crippen LogP contribution in [0.5, 0.6) is 0 Å². The van der Waals surface area contributed by atoms with Crippen molar-refractivity contribution in [1.29, 1.82) is 0 Å². The summed E-state index contributed by atoms with van der Waals surface area (Å²) in [6, 6.07) is 5.91. The van der Waals surface area contributed by atoms with Gasteiger partial charge in [-0.05, 0) is 86.0 Å². The number of hydrogen-bond acceptors (Lipinski definition) is 5. The summed E-state index contributed by atoms with van der Waals surface area (Å²) in [5.74, 6) is 2.88. The molecule has 0 aromatic carbocycles. The van der Waals surface area contributed by atoms with Crippen molar-refractivity contribution in [2.45, 2.75) is 51.0 Å². The van der Waals surface area contributed by atoms with E-state index in [-0.39, 0.29) is 18.6 Å². The highest BCUT2D eigenvalue weighted by Crippen LogP contribution is 2.53. The van der Waals surface area contributed by atoms with Crippen molar-refractivity contribution in [3.05, 3.63) is 54.4 Å². The Labute approximate surface area is 177 Å². The summed E-state index contributed by atoms with van der Waals surface area (Å²) in [6.45, 7) is -0.224. The predicted molar refractivity (Wildman–Crippen MR) is 112 cm³/mol. The third-order valence-electron chi connectivity index (χ3n) is 7.76. The molecule has 1 atom stereocenters. The molecule has 0 spiro atoms. The topological polar surface area (TPSA) is 88.0 Å². The summed E-state index contributed by atoms with van der Waals surface area (Å²) >= 11 is 0. The normalized spacial score (nSPS) is 31.3. The van der Waals surface area contributed by atoms with Crippen molar-refractivity contribution in [2.24, 2.45) is 29.1 Å². The molecule has 4 aliphatic carbocycles. The fourth-order valence-corrected chi connectivity index (χ4v) is 6.53. The van der Waals surface area contributed by atoms with E-state index < -0.39 is 5.41 Å². The number of aliphatic hydroxyl groups is 1. The first-order valence-electron chi connectivity index (χ1n) is 11.2. The minimum Gasteiger partial charge on any atom is -0.395 e. The lowest BCUT2D eigenvalue weighted by atomic mass is 9.54. The van der Waals surface area contributed by atoms with Crippen molar-refractivity contribution >= 4 is 5.91 Å². The quantitative estimate of drug-likeness (QED) is 0.738. The molecule has 2 aromatic heterocycles. The first-order chi connectivity index (χ1) is 14.6. The highest BCUT2D eigenvalue weighted by molar-refractivity contribution is 5.84. The van der Waals surface area contributed by atoms with Gasteiger partial charge in [0, 0.05) is 36.7 Å². The van der Waals surface area contributed by atoms with Crippen molar-refractivity contribution in [1.82, 2.24) is 20.3 Å². The average molecular weight is 407 g/mol. The predicted octanol–water partition coefficient (Wildman–Crippen LogP) is 2.58. The second kappa shape index (κ2) is 8.06. The Kier molecular flexibility index (Phi) is 5.27. The Hall–Kier alpha value is -2.34. The molecule has 4 aliphatic rings. The standard InChI is InChI=1S/C24H30N4O2/c29-14-24(12-16-1-4-25-5-2-16,13-21-3-6-26-15-27-21)23(30)28-22-19-8-17-7-18(10-19)11-20(22)9-17/h1-6,15,17-20,22,29H,7-14H2,(H,28,30). The second-order valence-electron chi connectivity index (χ2n) is 9.78. The molecular formula is C24H30N4O2. The van der Waals surface area contributed by atoms with Crippen LogP contribution in [-0.4, -0.2) is 38.6 Å². The number of pyridine rings is 1. The summed E-state index contributed by atoms with van der Waals surface area (Å²) in [4.78, 5) is 26.2. The zero-order chi connectivity index (χ0) is 20.6. The van der Waals surface area contributed by atoms with Gasteiger partial charge in [0.2, 0.25) is 5.91 Å². The van der Waals surface area contributed by atoms with E-state index >= 15 is 0 Å². The molecular weight excluding hydrogens is 376 g/mol. The Morgan fingerprint density at radius 1 is 0.967 bits per heavy atom. The lowest BCUT2D eigenvalue weighted by molar-refractivity contribution is -0.137. The molecule has 6 nitrogen and oxygen atoms in total. The summed E-state index contributed by atoms with van der Waals surface area (Å²) in [6.07, 6.45) is 13.9. The SMILES string of the molecule is O=C(NC1C2CC3CC(C2)CC1C3)C(CO)(Cc1ccncc1)Cc1ccncn1. The minimum atomic E-state index is -0.954. The molecule has 0 radical (unpaired) electrons. The molecule has 6 heteroatoms. The molecule has 4 bridgehead atoms. The van der Waals surface area contributed by atoms with Crippen LogP contribution in [0, 0.1) is 29.1 Å². The number of aliphatic hydroxyl groups excluding tert-OH is 1. The van der Waals surface area contributed by atoms with Gasteiger partial charge in [-0.15, -0.1) is 0 Å². The molecule has 158 valence electrons. The molecule has 1 amide bonds. The van der Waals surface area contributed by atoms with Crippen LogP contribution in [0.2, 0.25) is 0 Å². The summed E-state index contributed by atoms with van der Waals surface area (Å²) < 4.78 is 0. The van der Waals surface area contributed by atoms with Gasteiger partial charge in [-0.25, -0.2) is 9.97 Å². The van der Waals surface area contributed by atoms with Crippen molar-refractivity contribution < 1.29 is 9.90 Å². The maximum absolute atomic E-state index is 13.8. The van der Waals surface area contributed by atoms with Gasteiger partial charge in [0.25, 0.3) is 0 Å². The average Bonchev–Trinajstić information content (AvgIpc) is 2.76. The molecule has 0 aliphatic heterocycles. The molecule has 2 aromatic rings. The summed E-state index contributed by atoms with van der Waals surface area (Å²) in [5, 5.41) is 14.0. The number of carbonyl (C=O) groups is 1. The maximum atomic E-state index is 13.8. The third kappa shape index (κ3) is 3.73. The first kappa shape index (κ1) is 19.6. The maximum Gasteiger partial charge on any atom is 0.229 e. The van der Waals surface area contributed by atoms with Crippen molar-refractivity contribution in [2.75, 3.05) is 6.61 Å². The van der Waals surface area contributed by atoms with Crippen LogP contribution >= 0.6 is 0 Å². The van der Waals surface area contributed by atoms with Gasteiger partial charge in [0.05, 0.1) is 12.0 Å². The zero-order valence-corrected chi connectivity index (χ0v) is 17.3. The number of nitrogens with zero attached hydrogens (tertiary/aromatic N) is 3. The molecule has 30 heavy (non-hydrogen) atoms. The van der Waals surface area contributed by atoms with E-state index in [1.807, 2.05) is 18.2 Å². The van der Waals surface area contributed by atoms with Gasteiger partial charge in [0.15, 0.2) is 0 Å². The molecule has 6 rings (SSSR count). The van der Waals surface area contributed by atoms with Crippen LogP contribution in [0.15, 0.2) is 43.1 Å². The molecule has 2 heterocycles. The van der Waals surface area contributed by atoms with Gasteiger partial charge < -0.3 is 10.4 Å². The van der Waals surface area contributed by atoms with E-state index in [2.05, 4.69) is 20.3 Å². The number of aromatic nitrogens is 3. The number of hydrogen-bond donors (Lipinski definition) is 2. The van der Waals surface area contributed by atoms with E-state index in [0.717, 1.165) is 23.1 Å². The zero-order valence-electron chi connectivity index (χ0n) is 17.3. The minimum absolute atomic E-state index is 0.0436. The fraction of sp³-hybridized carbons (Fsp3) is 0.583. The van der Waals surface area contributed by atoms with E-state index in [0.29, 0.717) is 24.7 Å². The Bertz CT molecular complexity index is 804. The van der Waals surface area contributed by atoms with Gasteiger partial charge in [-0.2, -0.15) is 0 Å². The lowest BCUT2D eigenvalue weighted by Gasteiger charge is -2.55. The largest absolute Gasteiger partial charge is 0.395 e. The summed E-state index contributed by atoms with van der Waals surface area (Å²) in [7, 11) is 0. The van der Waals surface area contributed by atoms with Gasteiger partial charge in [0.1, 0.15) is 6.33 Å². The monoisotopic (exact) mass is 406 g/mol. The molecule has 4 fully saturated rings. The smallest absolute Gasteiger partial charge is 0.229 e. The number of carbonyl (C=O) groups excluding carboxylic acids is 1. The first-order valence-corrected chi connectivity index (χ1v) is 11.2. The van der Waals surface area contributed by atoms with E-state index in [1.165, 1.54) is 38.4 Å². The number of nitrogens with one attached hydrogen (secondary N) is 1. The second-order valence-corrected chi connectivity index (χ2v) is 9.78. The van der Waals surface area contributed by atoms with Crippen LogP contribution in [0.1, 0.15) is 43.4 Å². The molecule has 0 saturated heterocycles. The van der Waals surface area contributed by atoms with Crippen LogP contribution in [-0.2, 0) is 17.6 Å². The van der Waals surface area contributed by atoms with E-state index in [1.54, 1.807) is 18.6 Å². The molecule has 2 N–H and O–H groups in total. The lowest BCUT2D eigenvalue weighted by Crippen LogP contribution is -2.59. The van der Waals surface area contributed by atoms with Gasteiger partial charge in [-0.3, -0.25) is 9.78 Å². The molecule has 1 unspecified atom stereocenters. The fourth-order valence-electron chi connectivity index (χ4n) is 6.53. The van der Waals surface area contributed by atoms with Crippen molar-refractivity contribution in [3.8, 4) is 0 Å². The Morgan fingerprint density at radius 3 is 2.23 bits per heavy atom. The Balaban J connectivity index is 1.40. The Morgan fingerprint density at radius 2 is 1.63 bits per heavy atom. The summed E-state index contributed by atoms with van der Waals surface area (Å²) in [5.41, 5.74) is 0.811. The number of rotatable bonds is 7. The van der Waals surface area contributed by atoms with Crippen LogP contribution in [0.4, 0.5) is 0 Å². The number of amides is 1. The van der Waals surface area contributed by atoms with Gasteiger partial charge in [-0.1, -0.05) is 0 Å². The van der Waals surface area contributed by atoms with E-state index in [9.17, 15) is 9.90 Å². The van der Waals surface area contributed by atoms with Crippen LogP contribution < -0.4 is 5.32 Å². The van der Waals surface area contributed by atoms with Gasteiger partial charge >= 0.3 is 0 Å². The van der Waals surface area contributed by atoms with Crippen molar-refractivity contribution in [3.63, 3.8) is 0 Å².